The van der Waals surface area contributed by atoms with Crippen LogP contribution in [0.4, 0.5) is 0 Å². The van der Waals surface area contributed by atoms with Gasteiger partial charge in [-0.1, -0.05) is 31.2 Å². The number of benzene rings is 2. The van der Waals surface area contributed by atoms with Gasteiger partial charge in [0.05, 0.1) is 24.6 Å². The van der Waals surface area contributed by atoms with E-state index in [4.69, 9.17) is 9.47 Å². The number of carbonyl (C=O) groups is 2. The van der Waals surface area contributed by atoms with Gasteiger partial charge in [0, 0.05) is 56.2 Å². The first-order chi connectivity index (χ1) is 16.4. The van der Waals surface area contributed by atoms with Gasteiger partial charge >= 0.3 is 0 Å². The van der Waals surface area contributed by atoms with E-state index in [9.17, 15) is 9.59 Å². The fourth-order valence-corrected chi connectivity index (χ4v) is 5.61. The first-order valence-electron chi connectivity index (χ1n) is 12.1. The zero-order chi connectivity index (χ0) is 23.9. The number of hydrogen-bond acceptors (Lipinski definition) is 5. The summed E-state index contributed by atoms with van der Waals surface area (Å²) in [6, 6.07) is 13.5. The number of fused-ring (bicyclic) bond motifs is 2. The predicted octanol–water partition coefficient (Wildman–Crippen LogP) is 4.99. The van der Waals surface area contributed by atoms with Gasteiger partial charge in [0.2, 0.25) is 0 Å². The number of piperidine rings is 1. The third kappa shape index (κ3) is 4.11. The van der Waals surface area contributed by atoms with Gasteiger partial charge in [-0.05, 0) is 31.0 Å². The van der Waals surface area contributed by atoms with Crippen LogP contribution in [0, 0.1) is 5.92 Å². The zero-order valence-corrected chi connectivity index (χ0v) is 20.2. The van der Waals surface area contributed by atoms with Crippen molar-refractivity contribution in [1.29, 1.82) is 0 Å². The topological polar surface area (TPSA) is 60.8 Å². The lowest BCUT2D eigenvalue weighted by atomic mass is 9.82. The first-order valence-corrected chi connectivity index (χ1v) is 12.1. The Balaban J connectivity index is 1.26. The molecule has 0 amide bonds. The fraction of sp³-hybridized carbons (Fsp3) is 0.429. The molecular weight excluding hydrogens is 428 g/mol. The van der Waals surface area contributed by atoms with Crippen molar-refractivity contribution >= 4 is 22.5 Å². The number of aromatic nitrogens is 1. The van der Waals surface area contributed by atoms with Crippen LogP contribution in [0.1, 0.15) is 53.8 Å². The van der Waals surface area contributed by atoms with Crippen molar-refractivity contribution in [2.24, 2.45) is 5.92 Å². The Morgan fingerprint density at radius 3 is 2.62 bits per heavy atom. The summed E-state index contributed by atoms with van der Waals surface area (Å²) in [4.78, 5) is 27.4. The van der Waals surface area contributed by atoms with E-state index in [-0.39, 0.29) is 17.2 Å². The molecule has 1 spiro atoms. The highest BCUT2D eigenvalue weighted by molar-refractivity contribution is 6.08. The van der Waals surface area contributed by atoms with E-state index in [1.165, 1.54) is 0 Å². The van der Waals surface area contributed by atoms with Crippen molar-refractivity contribution in [3.05, 3.63) is 59.8 Å². The fourth-order valence-electron chi connectivity index (χ4n) is 5.61. The van der Waals surface area contributed by atoms with Crippen LogP contribution < -0.4 is 9.47 Å². The second-order valence-electron chi connectivity index (χ2n) is 9.89. The second-order valence-corrected chi connectivity index (χ2v) is 9.89. The van der Waals surface area contributed by atoms with E-state index >= 15 is 0 Å². The zero-order valence-electron chi connectivity index (χ0n) is 20.2. The SMILES string of the molecule is COc1cccc2c(C(C)=O)cn(CC(C)CN3CCC4(CC3)CC(=O)c3ccccc3O4)c12. The van der Waals surface area contributed by atoms with E-state index in [2.05, 4.69) is 16.4 Å². The van der Waals surface area contributed by atoms with Gasteiger partial charge in [-0.15, -0.1) is 0 Å². The maximum atomic E-state index is 12.7. The molecule has 2 aliphatic rings. The lowest BCUT2D eigenvalue weighted by Crippen LogP contribution is -2.51. The largest absolute Gasteiger partial charge is 0.495 e. The molecule has 3 heterocycles. The maximum Gasteiger partial charge on any atom is 0.170 e. The molecule has 178 valence electrons. The molecule has 0 bridgehead atoms. The second kappa shape index (κ2) is 8.91. The van der Waals surface area contributed by atoms with Crippen LogP contribution in [0.25, 0.3) is 10.9 Å². The molecule has 0 aliphatic carbocycles. The van der Waals surface area contributed by atoms with Crippen LogP contribution in [0.5, 0.6) is 11.5 Å². The number of carbonyl (C=O) groups excluding carboxylic acids is 2. The Labute approximate surface area is 200 Å². The van der Waals surface area contributed by atoms with Crippen molar-refractivity contribution in [2.75, 3.05) is 26.7 Å². The third-order valence-corrected chi connectivity index (χ3v) is 7.30. The summed E-state index contributed by atoms with van der Waals surface area (Å²) < 4.78 is 14.2. The quantitative estimate of drug-likeness (QED) is 0.485. The molecule has 1 aromatic heterocycles. The van der Waals surface area contributed by atoms with Crippen LogP contribution >= 0.6 is 0 Å². The van der Waals surface area contributed by atoms with Crippen molar-refractivity contribution in [1.82, 2.24) is 9.47 Å². The molecule has 6 nitrogen and oxygen atoms in total. The van der Waals surface area contributed by atoms with Gasteiger partial charge in [-0.25, -0.2) is 0 Å². The minimum absolute atomic E-state index is 0.0644. The van der Waals surface area contributed by atoms with Gasteiger partial charge in [0.1, 0.15) is 17.1 Å². The number of methoxy groups -OCH3 is 1. The number of Topliss-reactive ketones (excluding diaryl/α,β-unsaturated/α-hetero) is 2. The molecule has 3 aromatic rings. The molecule has 6 heteroatoms. The number of likely N-dealkylation sites (tertiary alicyclic amines) is 1. The van der Waals surface area contributed by atoms with Gasteiger partial charge in [0.15, 0.2) is 11.6 Å². The molecule has 0 N–H and O–H groups in total. The van der Waals surface area contributed by atoms with Crippen LogP contribution in [-0.4, -0.2) is 53.4 Å². The van der Waals surface area contributed by atoms with Crippen LogP contribution in [0.3, 0.4) is 0 Å². The molecule has 2 aromatic carbocycles. The Bertz CT molecular complexity index is 1240. The molecule has 5 rings (SSSR count). The highest BCUT2D eigenvalue weighted by Crippen LogP contribution is 2.39. The maximum absolute atomic E-state index is 12.7. The Morgan fingerprint density at radius 1 is 1.12 bits per heavy atom. The van der Waals surface area contributed by atoms with Gasteiger partial charge in [-0.3, -0.25) is 9.59 Å². The molecule has 1 unspecified atom stereocenters. The van der Waals surface area contributed by atoms with Crippen LogP contribution in [-0.2, 0) is 6.54 Å². The Kier molecular flexibility index (Phi) is 5.94. The predicted molar refractivity (Wildman–Crippen MR) is 132 cm³/mol. The molecule has 1 fully saturated rings. The molecule has 1 atom stereocenters. The number of para-hydroxylation sites is 2. The monoisotopic (exact) mass is 460 g/mol. The number of ketones is 2. The highest BCUT2D eigenvalue weighted by atomic mass is 16.5. The summed E-state index contributed by atoms with van der Waals surface area (Å²) in [6.45, 7) is 7.43. The number of nitrogens with zero attached hydrogens (tertiary/aromatic N) is 2. The molecule has 34 heavy (non-hydrogen) atoms. The Morgan fingerprint density at radius 2 is 1.88 bits per heavy atom. The summed E-state index contributed by atoms with van der Waals surface area (Å²) in [6.07, 6.45) is 4.15. The van der Waals surface area contributed by atoms with Crippen molar-refractivity contribution in [3.8, 4) is 11.5 Å². The number of ether oxygens (including phenoxy) is 2. The number of rotatable bonds is 6. The van der Waals surface area contributed by atoms with E-state index in [1.54, 1.807) is 14.0 Å². The van der Waals surface area contributed by atoms with Crippen molar-refractivity contribution in [2.45, 2.75) is 45.3 Å². The molecule has 0 radical (unpaired) electrons. The third-order valence-electron chi connectivity index (χ3n) is 7.30. The lowest BCUT2D eigenvalue weighted by molar-refractivity contribution is -0.0119. The van der Waals surface area contributed by atoms with Gasteiger partial charge < -0.3 is 18.9 Å². The summed E-state index contributed by atoms with van der Waals surface area (Å²) in [5, 5.41) is 0.943. The summed E-state index contributed by atoms with van der Waals surface area (Å²) in [5.74, 6) is 2.16. The highest BCUT2D eigenvalue weighted by Gasteiger charge is 2.42. The van der Waals surface area contributed by atoms with E-state index in [0.717, 1.165) is 67.0 Å². The molecule has 0 saturated carbocycles. The number of hydrogen-bond donors (Lipinski definition) is 0. The van der Waals surface area contributed by atoms with Crippen molar-refractivity contribution in [3.63, 3.8) is 0 Å². The van der Waals surface area contributed by atoms with Crippen LogP contribution in [0.2, 0.25) is 0 Å². The smallest absolute Gasteiger partial charge is 0.170 e. The normalized spacial score (nSPS) is 18.5. The van der Waals surface area contributed by atoms with Crippen molar-refractivity contribution < 1.29 is 19.1 Å². The van der Waals surface area contributed by atoms with E-state index in [1.807, 2.05) is 48.7 Å². The molecular formula is C28H32N2O4. The summed E-state index contributed by atoms with van der Waals surface area (Å²) in [5.41, 5.74) is 2.06. The Hall–Kier alpha value is -3.12. The summed E-state index contributed by atoms with van der Waals surface area (Å²) >= 11 is 0. The average Bonchev–Trinajstić information content (AvgIpc) is 3.19. The van der Waals surface area contributed by atoms with E-state index in [0.29, 0.717) is 17.9 Å². The van der Waals surface area contributed by atoms with Crippen LogP contribution in [0.15, 0.2) is 48.7 Å². The first kappa shape index (κ1) is 22.7. The lowest BCUT2D eigenvalue weighted by Gasteiger charge is -2.44. The van der Waals surface area contributed by atoms with Gasteiger partial charge in [-0.2, -0.15) is 0 Å². The van der Waals surface area contributed by atoms with Gasteiger partial charge in [0.25, 0.3) is 0 Å². The minimum atomic E-state index is -0.369. The van der Waals surface area contributed by atoms with E-state index < -0.39 is 0 Å². The minimum Gasteiger partial charge on any atom is -0.495 e. The molecule has 1 saturated heterocycles. The standard InChI is InChI=1S/C28H32N2O4/c1-19(17-30-18-23(20(2)31)21-8-6-10-26(33-3)27(21)30)16-29-13-11-28(12-14-29)15-24(32)22-7-4-5-9-25(22)34-28/h4-10,18-19H,11-17H2,1-3H3. The summed E-state index contributed by atoms with van der Waals surface area (Å²) in [7, 11) is 1.67. The average molecular weight is 461 g/mol. The molecule has 2 aliphatic heterocycles.